The summed E-state index contributed by atoms with van der Waals surface area (Å²) >= 11 is 2.85. The summed E-state index contributed by atoms with van der Waals surface area (Å²) in [6, 6.07) is 0. The van der Waals surface area contributed by atoms with Crippen molar-refractivity contribution in [2.45, 2.75) is 12.3 Å². The summed E-state index contributed by atoms with van der Waals surface area (Å²) < 4.78 is 0. The van der Waals surface area contributed by atoms with Crippen molar-refractivity contribution in [3.63, 3.8) is 0 Å². The fraction of sp³-hybridized carbons (Fsp3) is 0.182. The minimum atomic E-state index is -1.07. The number of carboxylic acids is 1. The number of fused-ring (bicyclic) bond motifs is 1. The Bertz CT molecular complexity index is 618. The first-order valence-corrected chi connectivity index (χ1v) is 6.96. The molecule has 0 unspecified atom stereocenters. The highest BCUT2D eigenvalue weighted by Crippen LogP contribution is 2.45. The number of rotatable bonds is 2. The second kappa shape index (κ2) is 3.96. The second-order valence-corrected chi connectivity index (χ2v) is 5.88. The number of amides is 1. The van der Waals surface area contributed by atoms with Crippen molar-refractivity contribution in [2.75, 3.05) is 0 Å². The Hall–Kier alpha value is -1.60. The molecule has 18 heavy (non-hydrogen) atoms. The van der Waals surface area contributed by atoms with E-state index in [2.05, 4.69) is 4.98 Å². The molecule has 0 aromatic carbocycles. The quantitative estimate of drug-likeness (QED) is 0.659. The second-order valence-electron chi connectivity index (χ2n) is 3.86. The van der Waals surface area contributed by atoms with Gasteiger partial charge in [-0.1, -0.05) is 0 Å². The number of carbonyl (C=O) groups is 2. The topological polar surface area (TPSA) is 70.5 Å². The van der Waals surface area contributed by atoms with Gasteiger partial charge >= 0.3 is 5.97 Å². The largest absolute Gasteiger partial charge is 0.477 e. The monoisotopic (exact) mass is 280 g/mol. The molecule has 1 saturated heterocycles. The minimum Gasteiger partial charge on any atom is -0.477 e. The molecule has 1 aromatic rings. The molecule has 2 aliphatic rings. The maximum atomic E-state index is 11.9. The van der Waals surface area contributed by atoms with Crippen molar-refractivity contribution >= 4 is 41.1 Å². The Kier molecular flexibility index (Phi) is 2.53. The summed E-state index contributed by atoms with van der Waals surface area (Å²) in [4.78, 5) is 28.4. The molecule has 0 bridgehead atoms. The van der Waals surface area contributed by atoms with E-state index < -0.39 is 5.97 Å². The average molecular weight is 280 g/mol. The number of hydrogen-bond donors (Lipinski definition) is 1. The molecule has 1 amide bonds. The number of carboxylic acid groups (broad SMARTS) is 1. The van der Waals surface area contributed by atoms with E-state index in [1.165, 1.54) is 33.4 Å². The predicted octanol–water partition coefficient (Wildman–Crippen LogP) is 1.68. The minimum absolute atomic E-state index is 0.0570. The van der Waals surface area contributed by atoms with Gasteiger partial charge in [0.25, 0.3) is 5.91 Å². The number of thiazole rings is 1. The third-order valence-electron chi connectivity index (χ3n) is 2.69. The summed E-state index contributed by atoms with van der Waals surface area (Å²) in [5.41, 5.74) is 1.42. The van der Waals surface area contributed by atoms with Crippen molar-refractivity contribution < 1.29 is 14.7 Å². The third-order valence-corrected chi connectivity index (χ3v) is 4.57. The van der Waals surface area contributed by atoms with E-state index in [9.17, 15) is 9.59 Å². The van der Waals surface area contributed by atoms with E-state index in [1.54, 1.807) is 6.08 Å². The molecule has 0 aliphatic carbocycles. The summed E-state index contributed by atoms with van der Waals surface area (Å²) in [7, 11) is 0. The molecule has 0 spiro atoms. The van der Waals surface area contributed by atoms with Gasteiger partial charge < -0.3 is 5.11 Å². The first-order chi connectivity index (χ1) is 8.58. The Labute approximate surface area is 111 Å². The molecule has 3 rings (SSSR count). The van der Waals surface area contributed by atoms with Crippen LogP contribution in [0.4, 0.5) is 0 Å². The van der Waals surface area contributed by atoms with Crippen LogP contribution in [0.2, 0.25) is 0 Å². The highest BCUT2D eigenvalue weighted by atomic mass is 32.2. The molecule has 1 aromatic heterocycles. The number of aliphatic carboxylic acids is 1. The zero-order valence-electron chi connectivity index (χ0n) is 9.28. The molecule has 5 nitrogen and oxygen atoms in total. The Morgan fingerprint density at radius 3 is 3.00 bits per heavy atom. The molecule has 1 N–H and O–H groups in total. The van der Waals surface area contributed by atoms with Gasteiger partial charge in [-0.05, 0) is 13.0 Å². The van der Waals surface area contributed by atoms with Crippen molar-refractivity contribution in [2.24, 2.45) is 0 Å². The van der Waals surface area contributed by atoms with Gasteiger partial charge in [0.15, 0.2) is 0 Å². The molecule has 2 aliphatic heterocycles. The number of aryl methyl sites for hydroxylation is 1. The van der Waals surface area contributed by atoms with Crippen molar-refractivity contribution in [3.05, 3.63) is 32.8 Å². The molecular weight excluding hydrogens is 272 g/mol. The number of thioether (sulfide) groups is 1. The molecule has 0 radical (unpaired) electrons. The maximum absolute atomic E-state index is 11.9. The molecule has 92 valence electrons. The molecule has 1 fully saturated rings. The Balaban J connectivity index is 1.86. The van der Waals surface area contributed by atoms with E-state index in [4.69, 9.17) is 5.11 Å². The highest BCUT2D eigenvalue weighted by molar-refractivity contribution is 8.03. The first kappa shape index (κ1) is 11.5. The molecule has 0 saturated carbocycles. The number of hydrogen-bond acceptors (Lipinski definition) is 5. The maximum Gasteiger partial charge on any atom is 0.353 e. The zero-order chi connectivity index (χ0) is 12.9. The van der Waals surface area contributed by atoms with Crippen LogP contribution in [0.5, 0.6) is 0 Å². The van der Waals surface area contributed by atoms with Crippen LogP contribution in [0.25, 0.3) is 6.08 Å². The van der Waals surface area contributed by atoms with E-state index in [0.717, 1.165) is 10.7 Å². The van der Waals surface area contributed by atoms with E-state index >= 15 is 0 Å². The van der Waals surface area contributed by atoms with Crippen LogP contribution in [0.1, 0.15) is 10.7 Å². The summed E-state index contributed by atoms with van der Waals surface area (Å²) in [6.07, 6.45) is 1.73. The van der Waals surface area contributed by atoms with Crippen LogP contribution in [0, 0.1) is 6.92 Å². The van der Waals surface area contributed by atoms with Gasteiger partial charge in [-0.25, -0.2) is 9.78 Å². The lowest BCUT2D eigenvalue weighted by molar-refractivity contribution is -0.141. The van der Waals surface area contributed by atoms with Gasteiger partial charge in [0.2, 0.25) is 0 Å². The first-order valence-electron chi connectivity index (χ1n) is 5.14. The highest BCUT2D eigenvalue weighted by Gasteiger charge is 2.49. The van der Waals surface area contributed by atoms with Crippen LogP contribution in [0.15, 0.2) is 22.1 Å². The standard InChI is InChI=1S/C11H8N2O3S2/c1-5-12-6(3-17-5)2-7-9(14)13-8(11(15)16)4-18-10(7)13/h2-4,10H,1H3,(H,15,16)/b7-2-/t10-/m1/s1. The molecular formula is C11H8N2O3S2. The molecule has 3 heterocycles. The normalized spacial score (nSPS) is 23.9. The van der Waals surface area contributed by atoms with Gasteiger partial charge in [0.1, 0.15) is 11.1 Å². The molecule has 1 atom stereocenters. The SMILES string of the molecule is Cc1nc(/C=C2/C(=O)N3C(C(=O)O)=CS[C@H]23)cs1. The fourth-order valence-electron chi connectivity index (χ4n) is 1.87. The molecule has 7 heteroatoms. The van der Waals surface area contributed by atoms with Gasteiger partial charge in [0.05, 0.1) is 16.3 Å². The van der Waals surface area contributed by atoms with E-state index in [0.29, 0.717) is 5.57 Å². The van der Waals surface area contributed by atoms with Gasteiger partial charge in [0, 0.05) is 10.8 Å². The Morgan fingerprint density at radius 2 is 2.39 bits per heavy atom. The third kappa shape index (κ3) is 1.58. The lowest BCUT2D eigenvalue weighted by Gasteiger charge is -2.36. The lowest BCUT2D eigenvalue weighted by Crippen LogP contribution is -2.51. The van der Waals surface area contributed by atoms with E-state index in [-0.39, 0.29) is 17.0 Å². The predicted molar refractivity (Wildman–Crippen MR) is 68.8 cm³/mol. The number of carbonyl (C=O) groups excluding carboxylic acids is 1. The number of β-lactam (4-membered cyclic amide) rings is 1. The van der Waals surface area contributed by atoms with Crippen LogP contribution >= 0.6 is 23.1 Å². The number of aromatic nitrogens is 1. The van der Waals surface area contributed by atoms with Crippen LogP contribution in [-0.4, -0.2) is 32.2 Å². The summed E-state index contributed by atoms with van der Waals surface area (Å²) in [5, 5.41) is 13.1. The smallest absolute Gasteiger partial charge is 0.353 e. The zero-order valence-corrected chi connectivity index (χ0v) is 10.9. The van der Waals surface area contributed by atoms with Crippen LogP contribution in [-0.2, 0) is 9.59 Å². The van der Waals surface area contributed by atoms with Crippen molar-refractivity contribution in [3.8, 4) is 0 Å². The van der Waals surface area contributed by atoms with Crippen LogP contribution < -0.4 is 0 Å². The average Bonchev–Trinajstić information content (AvgIpc) is 2.89. The van der Waals surface area contributed by atoms with Crippen molar-refractivity contribution in [1.29, 1.82) is 0 Å². The van der Waals surface area contributed by atoms with Gasteiger partial charge in [-0.3, -0.25) is 9.69 Å². The van der Waals surface area contributed by atoms with Crippen molar-refractivity contribution in [1.82, 2.24) is 9.88 Å². The van der Waals surface area contributed by atoms with Gasteiger partial charge in [-0.15, -0.1) is 23.1 Å². The Morgan fingerprint density at radius 1 is 1.61 bits per heavy atom. The van der Waals surface area contributed by atoms with Gasteiger partial charge in [-0.2, -0.15) is 0 Å². The summed E-state index contributed by atoms with van der Waals surface area (Å²) in [6.45, 7) is 1.90. The fourth-order valence-corrected chi connectivity index (χ4v) is 3.56. The van der Waals surface area contributed by atoms with Crippen LogP contribution in [0.3, 0.4) is 0 Å². The van der Waals surface area contributed by atoms with E-state index in [1.807, 2.05) is 12.3 Å². The lowest BCUT2D eigenvalue weighted by atomic mass is 10.0. The number of nitrogens with zero attached hydrogens (tertiary/aromatic N) is 2. The summed E-state index contributed by atoms with van der Waals surface area (Å²) in [5.74, 6) is -1.31.